The molecule has 0 saturated heterocycles. The molecule has 1 unspecified atom stereocenters. The predicted molar refractivity (Wildman–Crippen MR) is 112 cm³/mol. The molecule has 6 nitrogen and oxygen atoms in total. The van der Waals surface area contributed by atoms with Gasteiger partial charge in [0.1, 0.15) is 0 Å². The van der Waals surface area contributed by atoms with Crippen LogP contribution in [-0.2, 0) is 10.0 Å². The molecule has 2 N–H and O–H groups in total. The van der Waals surface area contributed by atoms with Crippen LogP contribution in [0.2, 0.25) is 0 Å². The van der Waals surface area contributed by atoms with E-state index in [1.165, 1.54) is 0 Å². The number of H-pyrrole nitrogens is 1. The van der Waals surface area contributed by atoms with Crippen molar-refractivity contribution in [3.8, 4) is 11.5 Å². The molecule has 1 aromatic heterocycles. The first-order valence-corrected chi connectivity index (χ1v) is 10.9. The Morgan fingerprint density at radius 3 is 2.54 bits per heavy atom. The second kappa shape index (κ2) is 8.67. The normalized spacial score (nSPS) is 12.8. The topological polar surface area (TPSA) is 80.4 Å². The minimum atomic E-state index is -3.35. The van der Waals surface area contributed by atoms with Gasteiger partial charge in [-0.15, -0.1) is 0 Å². The first-order chi connectivity index (χ1) is 13.5. The van der Waals surface area contributed by atoms with Gasteiger partial charge in [-0.05, 0) is 24.1 Å². The molecule has 7 heteroatoms. The number of methoxy groups -OCH3 is 2. The van der Waals surface area contributed by atoms with Crippen LogP contribution in [0.25, 0.3) is 10.9 Å². The molecular weight excluding hydrogens is 376 g/mol. The van der Waals surface area contributed by atoms with Gasteiger partial charge in [-0.1, -0.05) is 37.3 Å². The van der Waals surface area contributed by atoms with E-state index in [1.807, 2.05) is 55.6 Å². The van der Waals surface area contributed by atoms with Crippen molar-refractivity contribution < 1.29 is 17.9 Å². The SMILES string of the molecule is CCCS(=O)(=O)NCC(c1cccc(OC)c1OC)c1c[nH]c2ccccc12. The lowest BCUT2D eigenvalue weighted by molar-refractivity contribution is 0.350. The van der Waals surface area contributed by atoms with Crippen molar-refractivity contribution in [1.82, 2.24) is 9.71 Å². The molecule has 0 aliphatic carbocycles. The zero-order valence-corrected chi connectivity index (χ0v) is 17.2. The third-order valence-corrected chi connectivity index (χ3v) is 6.34. The van der Waals surface area contributed by atoms with Gasteiger partial charge >= 0.3 is 0 Å². The van der Waals surface area contributed by atoms with Gasteiger partial charge in [0.2, 0.25) is 10.0 Å². The van der Waals surface area contributed by atoms with E-state index < -0.39 is 10.0 Å². The van der Waals surface area contributed by atoms with E-state index >= 15 is 0 Å². The molecule has 1 heterocycles. The van der Waals surface area contributed by atoms with E-state index in [0.717, 1.165) is 22.0 Å². The highest BCUT2D eigenvalue weighted by Gasteiger charge is 2.25. The van der Waals surface area contributed by atoms with E-state index in [4.69, 9.17) is 9.47 Å². The quantitative estimate of drug-likeness (QED) is 0.573. The molecule has 0 spiro atoms. The monoisotopic (exact) mass is 402 g/mol. The summed E-state index contributed by atoms with van der Waals surface area (Å²) in [5, 5.41) is 1.05. The van der Waals surface area contributed by atoms with E-state index in [9.17, 15) is 8.42 Å². The Bertz CT molecular complexity index is 1040. The number of sulfonamides is 1. The standard InChI is InChI=1S/C21H26N2O4S/c1-4-12-28(24,25)23-14-18(16-9-7-11-20(26-2)21(16)27-3)17-13-22-19-10-6-5-8-15(17)19/h5-11,13,18,22-23H,4,12,14H2,1-3H3. The lowest BCUT2D eigenvalue weighted by Gasteiger charge is -2.22. The van der Waals surface area contributed by atoms with Crippen molar-refractivity contribution in [2.45, 2.75) is 19.3 Å². The Balaban J connectivity index is 2.10. The van der Waals surface area contributed by atoms with E-state index in [2.05, 4.69) is 9.71 Å². The molecule has 0 saturated carbocycles. The number of nitrogens with one attached hydrogen (secondary N) is 2. The smallest absolute Gasteiger partial charge is 0.211 e. The zero-order chi connectivity index (χ0) is 20.1. The minimum Gasteiger partial charge on any atom is -0.493 e. The number of benzene rings is 2. The molecule has 3 rings (SSSR count). The highest BCUT2D eigenvalue weighted by Crippen LogP contribution is 2.40. The third-order valence-electron chi connectivity index (χ3n) is 4.79. The maximum atomic E-state index is 12.3. The number of ether oxygens (including phenoxy) is 2. The first-order valence-electron chi connectivity index (χ1n) is 9.25. The number of aromatic amines is 1. The maximum absolute atomic E-state index is 12.3. The molecule has 3 aromatic rings. The fourth-order valence-corrected chi connectivity index (χ4v) is 4.61. The van der Waals surface area contributed by atoms with Crippen LogP contribution in [0.5, 0.6) is 11.5 Å². The van der Waals surface area contributed by atoms with Gasteiger partial charge in [-0.3, -0.25) is 0 Å². The zero-order valence-electron chi connectivity index (χ0n) is 16.4. The molecule has 150 valence electrons. The van der Waals surface area contributed by atoms with Crippen LogP contribution in [0.15, 0.2) is 48.7 Å². The van der Waals surface area contributed by atoms with Gasteiger partial charge in [0.25, 0.3) is 0 Å². The summed E-state index contributed by atoms with van der Waals surface area (Å²) in [4.78, 5) is 3.28. The number of rotatable bonds is 9. The highest BCUT2D eigenvalue weighted by atomic mass is 32.2. The molecule has 28 heavy (non-hydrogen) atoms. The molecule has 0 aliphatic rings. The van der Waals surface area contributed by atoms with Crippen molar-refractivity contribution in [2.24, 2.45) is 0 Å². The lowest BCUT2D eigenvalue weighted by Crippen LogP contribution is -2.31. The molecular formula is C21H26N2O4S. The van der Waals surface area contributed by atoms with Crippen LogP contribution in [0.1, 0.15) is 30.4 Å². The summed E-state index contributed by atoms with van der Waals surface area (Å²) in [6, 6.07) is 13.6. The predicted octanol–water partition coefficient (Wildman–Crippen LogP) is 3.65. The Labute approximate surface area is 165 Å². The van der Waals surface area contributed by atoms with Gasteiger partial charge in [-0.25, -0.2) is 13.1 Å². The number of fused-ring (bicyclic) bond motifs is 1. The Kier molecular flexibility index (Phi) is 6.26. The van der Waals surface area contributed by atoms with Crippen molar-refractivity contribution in [2.75, 3.05) is 26.5 Å². The lowest BCUT2D eigenvalue weighted by atomic mass is 9.90. The number of para-hydroxylation sites is 2. The Morgan fingerprint density at radius 1 is 1.04 bits per heavy atom. The summed E-state index contributed by atoms with van der Waals surface area (Å²) in [5.41, 5.74) is 2.87. The van der Waals surface area contributed by atoms with Crippen LogP contribution < -0.4 is 14.2 Å². The summed E-state index contributed by atoms with van der Waals surface area (Å²) in [6.45, 7) is 2.08. The molecule has 0 radical (unpaired) electrons. The Morgan fingerprint density at radius 2 is 1.82 bits per heavy atom. The third kappa shape index (κ3) is 4.15. The van der Waals surface area contributed by atoms with E-state index in [0.29, 0.717) is 17.9 Å². The van der Waals surface area contributed by atoms with Gasteiger partial charge in [0.15, 0.2) is 11.5 Å². The summed E-state index contributed by atoms with van der Waals surface area (Å²) in [5.74, 6) is 1.08. The molecule has 0 aliphatic heterocycles. The molecule has 0 fully saturated rings. The van der Waals surface area contributed by atoms with E-state index in [1.54, 1.807) is 14.2 Å². The molecule has 2 aromatic carbocycles. The maximum Gasteiger partial charge on any atom is 0.211 e. The fraction of sp³-hybridized carbons (Fsp3) is 0.333. The fourth-order valence-electron chi connectivity index (χ4n) is 3.51. The van der Waals surface area contributed by atoms with Crippen molar-refractivity contribution >= 4 is 20.9 Å². The number of hydrogen-bond acceptors (Lipinski definition) is 4. The summed E-state index contributed by atoms with van der Waals surface area (Å²) < 4.78 is 38.4. The molecule has 0 bridgehead atoms. The van der Waals surface area contributed by atoms with Crippen LogP contribution in [0.4, 0.5) is 0 Å². The number of hydrogen-bond donors (Lipinski definition) is 2. The van der Waals surface area contributed by atoms with E-state index in [-0.39, 0.29) is 18.2 Å². The average Bonchev–Trinajstić information content (AvgIpc) is 3.12. The average molecular weight is 403 g/mol. The molecule has 0 amide bonds. The van der Waals surface area contributed by atoms with Crippen molar-refractivity contribution in [1.29, 1.82) is 0 Å². The van der Waals surface area contributed by atoms with Crippen LogP contribution >= 0.6 is 0 Å². The summed E-state index contributed by atoms with van der Waals surface area (Å²) >= 11 is 0. The van der Waals surface area contributed by atoms with Crippen molar-refractivity contribution in [3.63, 3.8) is 0 Å². The highest BCUT2D eigenvalue weighted by molar-refractivity contribution is 7.89. The van der Waals surface area contributed by atoms with Gasteiger partial charge in [0, 0.05) is 35.1 Å². The second-order valence-corrected chi connectivity index (χ2v) is 8.52. The second-order valence-electron chi connectivity index (χ2n) is 6.59. The minimum absolute atomic E-state index is 0.100. The largest absolute Gasteiger partial charge is 0.493 e. The van der Waals surface area contributed by atoms with Gasteiger partial charge in [0.05, 0.1) is 20.0 Å². The van der Waals surface area contributed by atoms with Crippen LogP contribution in [0.3, 0.4) is 0 Å². The first kappa shape index (κ1) is 20.2. The molecule has 1 atom stereocenters. The van der Waals surface area contributed by atoms with Gasteiger partial charge in [-0.2, -0.15) is 0 Å². The van der Waals surface area contributed by atoms with Crippen molar-refractivity contribution in [3.05, 3.63) is 59.8 Å². The van der Waals surface area contributed by atoms with Gasteiger partial charge < -0.3 is 14.5 Å². The van der Waals surface area contributed by atoms with Crippen LogP contribution in [-0.4, -0.2) is 39.9 Å². The number of aromatic nitrogens is 1. The van der Waals surface area contributed by atoms with Crippen LogP contribution in [0, 0.1) is 0 Å². The Hall–Kier alpha value is -2.51. The summed E-state index contributed by atoms with van der Waals surface area (Å²) in [6.07, 6.45) is 2.50. The summed E-state index contributed by atoms with van der Waals surface area (Å²) in [7, 11) is -0.165.